The van der Waals surface area contributed by atoms with Crippen molar-refractivity contribution in [1.82, 2.24) is 5.32 Å². The Morgan fingerprint density at radius 3 is 2.69 bits per heavy atom. The maximum Gasteiger partial charge on any atom is 0.142 e. The fourth-order valence-electron chi connectivity index (χ4n) is 0.972. The highest BCUT2D eigenvalue weighted by Crippen LogP contribution is 2.15. The van der Waals surface area contributed by atoms with Crippen molar-refractivity contribution in [1.29, 1.82) is 0 Å². The highest BCUT2D eigenvalue weighted by atomic mass is 35.5. The Kier molecular flexibility index (Phi) is 3.70. The van der Waals surface area contributed by atoms with Crippen molar-refractivity contribution in [3.05, 3.63) is 34.6 Å². The van der Waals surface area contributed by atoms with Crippen LogP contribution in [0.4, 0.5) is 4.39 Å². The van der Waals surface area contributed by atoms with Gasteiger partial charge in [-0.05, 0) is 17.7 Å². The first kappa shape index (κ1) is 10.5. The molecule has 1 N–H and O–H groups in total. The first-order chi connectivity index (χ1) is 6.09. The molecule has 0 amide bonds. The molecule has 0 aliphatic rings. The molecule has 0 atom stereocenters. The van der Waals surface area contributed by atoms with Gasteiger partial charge in [0.15, 0.2) is 0 Å². The Morgan fingerprint density at radius 2 is 2.15 bits per heavy atom. The predicted molar refractivity (Wildman–Crippen MR) is 53.4 cm³/mol. The lowest BCUT2D eigenvalue weighted by Crippen LogP contribution is -2.21. The van der Waals surface area contributed by atoms with Crippen LogP contribution in [0.1, 0.15) is 19.4 Å². The van der Waals surface area contributed by atoms with Crippen LogP contribution in [-0.4, -0.2) is 6.04 Å². The molecule has 1 nitrogen and oxygen atoms in total. The topological polar surface area (TPSA) is 12.0 Å². The Hall–Kier alpha value is -0.600. The standard InChI is InChI=1S/C10H13ClFN/c1-7(2)13-6-8-3-4-9(11)10(12)5-8/h3-5,7,13H,6H2,1-2H3. The lowest BCUT2D eigenvalue weighted by Gasteiger charge is -2.08. The van der Waals surface area contributed by atoms with E-state index in [4.69, 9.17) is 11.6 Å². The summed E-state index contributed by atoms with van der Waals surface area (Å²) in [6, 6.07) is 5.26. The minimum atomic E-state index is -0.357. The summed E-state index contributed by atoms with van der Waals surface area (Å²) in [4.78, 5) is 0. The maximum atomic E-state index is 12.9. The molecule has 72 valence electrons. The number of rotatable bonds is 3. The highest BCUT2D eigenvalue weighted by molar-refractivity contribution is 6.30. The van der Waals surface area contributed by atoms with E-state index in [9.17, 15) is 4.39 Å². The van der Waals surface area contributed by atoms with Crippen molar-refractivity contribution in [2.45, 2.75) is 26.4 Å². The molecular weight excluding hydrogens is 189 g/mol. The predicted octanol–water partition coefficient (Wildman–Crippen LogP) is 2.98. The minimum Gasteiger partial charge on any atom is -0.310 e. The van der Waals surface area contributed by atoms with Crippen molar-refractivity contribution >= 4 is 11.6 Å². The van der Waals surface area contributed by atoms with Crippen LogP contribution in [0.5, 0.6) is 0 Å². The molecule has 0 heterocycles. The molecule has 13 heavy (non-hydrogen) atoms. The summed E-state index contributed by atoms with van der Waals surface area (Å²) in [5.41, 5.74) is 0.913. The molecule has 3 heteroatoms. The van der Waals surface area contributed by atoms with Gasteiger partial charge in [0.05, 0.1) is 5.02 Å². The van der Waals surface area contributed by atoms with Crippen molar-refractivity contribution in [2.24, 2.45) is 0 Å². The quantitative estimate of drug-likeness (QED) is 0.793. The third-order valence-electron chi connectivity index (χ3n) is 1.70. The number of hydrogen-bond donors (Lipinski definition) is 1. The first-order valence-electron chi connectivity index (χ1n) is 4.27. The summed E-state index contributed by atoms with van der Waals surface area (Å²) in [5.74, 6) is -0.357. The smallest absolute Gasteiger partial charge is 0.142 e. The number of halogens is 2. The van der Waals surface area contributed by atoms with E-state index in [0.29, 0.717) is 12.6 Å². The average Bonchev–Trinajstić information content (AvgIpc) is 2.07. The SMILES string of the molecule is CC(C)NCc1ccc(Cl)c(F)c1. The van der Waals surface area contributed by atoms with E-state index in [1.54, 1.807) is 6.07 Å². The van der Waals surface area contributed by atoms with E-state index < -0.39 is 0 Å². The molecule has 0 aliphatic carbocycles. The van der Waals surface area contributed by atoms with Gasteiger partial charge in [0.2, 0.25) is 0 Å². The second-order valence-corrected chi connectivity index (χ2v) is 3.69. The number of benzene rings is 1. The zero-order valence-electron chi connectivity index (χ0n) is 7.77. The summed E-state index contributed by atoms with van der Waals surface area (Å²) in [5, 5.41) is 3.37. The minimum absolute atomic E-state index is 0.174. The molecule has 0 unspecified atom stereocenters. The second-order valence-electron chi connectivity index (χ2n) is 3.28. The third kappa shape index (κ3) is 3.33. The molecule has 0 bridgehead atoms. The van der Waals surface area contributed by atoms with E-state index in [-0.39, 0.29) is 10.8 Å². The molecule has 0 saturated heterocycles. The zero-order chi connectivity index (χ0) is 9.84. The van der Waals surface area contributed by atoms with Crippen LogP contribution in [0.2, 0.25) is 5.02 Å². The molecule has 0 fully saturated rings. The number of hydrogen-bond acceptors (Lipinski definition) is 1. The van der Waals surface area contributed by atoms with Gasteiger partial charge in [-0.1, -0.05) is 31.5 Å². The maximum absolute atomic E-state index is 12.9. The van der Waals surface area contributed by atoms with Gasteiger partial charge >= 0.3 is 0 Å². The Labute approximate surface area is 82.9 Å². The van der Waals surface area contributed by atoms with Gasteiger partial charge in [0.25, 0.3) is 0 Å². The summed E-state index contributed by atoms with van der Waals surface area (Å²) >= 11 is 5.55. The lowest BCUT2D eigenvalue weighted by molar-refractivity contribution is 0.581. The third-order valence-corrected chi connectivity index (χ3v) is 2.00. The van der Waals surface area contributed by atoms with Crippen LogP contribution in [0.3, 0.4) is 0 Å². The Bertz CT molecular complexity index is 286. The van der Waals surface area contributed by atoms with E-state index in [0.717, 1.165) is 5.56 Å². The fraction of sp³-hybridized carbons (Fsp3) is 0.400. The Morgan fingerprint density at radius 1 is 1.46 bits per heavy atom. The van der Waals surface area contributed by atoms with Gasteiger partial charge in [0.1, 0.15) is 5.82 Å². The van der Waals surface area contributed by atoms with E-state index in [1.165, 1.54) is 6.07 Å². The van der Waals surface area contributed by atoms with Crippen molar-refractivity contribution in [2.75, 3.05) is 0 Å². The molecule has 1 aromatic carbocycles. The molecule has 1 rings (SSSR count). The van der Waals surface area contributed by atoms with Crippen LogP contribution >= 0.6 is 11.6 Å². The van der Waals surface area contributed by atoms with Gasteiger partial charge in [-0.15, -0.1) is 0 Å². The molecule has 0 saturated carbocycles. The van der Waals surface area contributed by atoms with Crippen molar-refractivity contribution in [3.8, 4) is 0 Å². The molecule has 0 spiro atoms. The highest BCUT2D eigenvalue weighted by Gasteiger charge is 2.00. The molecular formula is C10H13ClFN. The monoisotopic (exact) mass is 201 g/mol. The van der Waals surface area contributed by atoms with Gasteiger partial charge in [-0.2, -0.15) is 0 Å². The molecule has 0 aliphatic heterocycles. The van der Waals surface area contributed by atoms with Crippen LogP contribution in [0.15, 0.2) is 18.2 Å². The Balaban J connectivity index is 2.63. The molecule has 1 aromatic rings. The second kappa shape index (κ2) is 4.58. The van der Waals surface area contributed by atoms with Gasteiger partial charge in [-0.25, -0.2) is 4.39 Å². The van der Waals surface area contributed by atoms with Crippen LogP contribution in [0.25, 0.3) is 0 Å². The van der Waals surface area contributed by atoms with Gasteiger partial charge in [-0.3, -0.25) is 0 Å². The summed E-state index contributed by atoms with van der Waals surface area (Å²) in [6.07, 6.45) is 0. The van der Waals surface area contributed by atoms with E-state index in [2.05, 4.69) is 5.32 Å². The van der Waals surface area contributed by atoms with Crippen LogP contribution in [-0.2, 0) is 6.54 Å². The summed E-state index contributed by atoms with van der Waals surface area (Å²) in [6.45, 7) is 4.77. The van der Waals surface area contributed by atoms with Gasteiger partial charge < -0.3 is 5.32 Å². The van der Waals surface area contributed by atoms with Crippen LogP contribution in [0, 0.1) is 5.82 Å². The first-order valence-corrected chi connectivity index (χ1v) is 4.64. The summed E-state index contributed by atoms with van der Waals surface area (Å²) < 4.78 is 12.9. The molecule has 0 radical (unpaired) electrons. The molecule has 0 aromatic heterocycles. The lowest BCUT2D eigenvalue weighted by atomic mass is 10.2. The van der Waals surface area contributed by atoms with E-state index in [1.807, 2.05) is 19.9 Å². The van der Waals surface area contributed by atoms with E-state index >= 15 is 0 Å². The summed E-state index contributed by atoms with van der Waals surface area (Å²) in [7, 11) is 0. The fourth-order valence-corrected chi connectivity index (χ4v) is 1.09. The van der Waals surface area contributed by atoms with Crippen molar-refractivity contribution in [3.63, 3.8) is 0 Å². The number of nitrogens with one attached hydrogen (secondary N) is 1. The largest absolute Gasteiger partial charge is 0.310 e. The normalized spacial score (nSPS) is 10.8. The zero-order valence-corrected chi connectivity index (χ0v) is 8.53. The van der Waals surface area contributed by atoms with Gasteiger partial charge in [0, 0.05) is 12.6 Å². The average molecular weight is 202 g/mol. The van der Waals surface area contributed by atoms with Crippen molar-refractivity contribution < 1.29 is 4.39 Å². The van der Waals surface area contributed by atoms with Crippen LogP contribution < -0.4 is 5.32 Å².